The van der Waals surface area contributed by atoms with Crippen LogP contribution in [0.25, 0.3) is 5.78 Å². The monoisotopic (exact) mass is 239 g/mol. The Morgan fingerprint density at radius 2 is 2.25 bits per heavy atom. The third kappa shape index (κ3) is 1.79. The molecule has 0 unspecified atom stereocenters. The quantitative estimate of drug-likeness (QED) is 0.726. The Hall–Kier alpha value is -1.80. The van der Waals surface area contributed by atoms with Crippen LogP contribution in [-0.2, 0) is 6.42 Å². The number of carboxylic acids is 1. The van der Waals surface area contributed by atoms with Crippen molar-refractivity contribution in [3.8, 4) is 0 Å². The van der Waals surface area contributed by atoms with Crippen LogP contribution >= 0.6 is 12.6 Å². The smallest absolute Gasteiger partial charge is 0.354 e. The van der Waals surface area contributed by atoms with Gasteiger partial charge in [0.15, 0.2) is 11.5 Å². The number of hydrogen-bond acceptors (Lipinski definition) is 5. The number of aliphatic hydroxyl groups excluding tert-OH is 1. The summed E-state index contributed by atoms with van der Waals surface area (Å²) in [7, 11) is 0. The molecule has 0 saturated heterocycles. The molecule has 2 heterocycles. The second kappa shape index (κ2) is 3.99. The number of fused-ring (bicyclic) bond motifs is 1. The number of nitrogens with zero attached hydrogens (tertiary/aromatic N) is 4. The van der Waals surface area contributed by atoms with Crippen LogP contribution < -0.4 is 0 Å². The standard InChI is InChI=1S/C8H7N4O3S/c13-2-1-5-10-8-9-4(7(14)15)3-6(16)12(8)11-5/h3,13H,1-2H2,(H,14,15). The van der Waals surface area contributed by atoms with Crippen LogP contribution in [0.1, 0.15) is 16.3 Å². The van der Waals surface area contributed by atoms with Crippen LogP contribution in [0.15, 0.2) is 11.1 Å². The van der Waals surface area contributed by atoms with E-state index in [0.717, 1.165) is 0 Å². The van der Waals surface area contributed by atoms with Gasteiger partial charge in [-0.15, -0.1) is 5.10 Å². The van der Waals surface area contributed by atoms with Crippen LogP contribution in [0, 0.1) is 0 Å². The second-order valence-corrected chi connectivity index (χ2v) is 3.42. The van der Waals surface area contributed by atoms with E-state index in [2.05, 4.69) is 15.1 Å². The van der Waals surface area contributed by atoms with E-state index in [1.165, 1.54) is 10.6 Å². The number of rotatable bonds is 3. The van der Waals surface area contributed by atoms with Gasteiger partial charge in [0.05, 0.1) is 6.61 Å². The molecule has 2 N–H and O–H groups in total. The first-order valence-corrected chi connectivity index (χ1v) is 4.80. The summed E-state index contributed by atoms with van der Waals surface area (Å²) in [5.74, 6) is -0.655. The second-order valence-electron chi connectivity index (χ2n) is 3.00. The first-order chi connectivity index (χ1) is 7.61. The molecule has 0 bridgehead atoms. The number of carboxylic acid groups (broad SMARTS) is 1. The molecule has 7 nitrogen and oxygen atoms in total. The molecular formula is C8H7N4O3S. The van der Waals surface area contributed by atoms with E-state index in [9.17, 15) is 4.79 Å². The third-order valence-electron chi connectivity index (χ3n) is 1.88. The molecule has 0 saturated carbocycles. The average Bonchev–Trinajstić information content (AvgIpc) is 2.61. The number of carbonyl (C=O) groups is 1. The maximum Gasteiger partial charge on any atom is 0.354 e. The predicted octanol–water partition coefficient (Wildman–Crippen LogP) is -0.0863. The highest BCUT2D eigenvalue weighted by Gasteiger charge is 2.13. The summed E-state index contributed by atoms with van der Waals surface area (Å²) >= 11 is 4.95. The Balaban J connectivity index is 2.58. The molecule has 0 amide bonds. The Bertz CT molecular complexity index is 553. The van der Waals surface area contributed by atoms with Gasteiger partial charge >= 0.3 is 5.97 Å². The van der Waals surface area contributed by atoms with Crippen LogP contribution in [0.3, 0.4) is 0 Å². The molecule has 2 rings (SSSR count). The summed E-state index contributed by atoms with van der Waals surface area (Å²) in [6.07, 6.45) is 0.278. The maximum atomic E-state index is 10.7. The minimum Gasteiger partial charge on any atom is -0.477 e. The van der Waals surface area contributed by atoms with E-state index >= 15 is 0 Å². The van der Waals surface area contributed by atoms with E-state index in [-0.39, 0.29) is 29.5 Å². The van der Waals surface area contributed by atoms with Crippen molar-refractivity contribution in [3.63, 3.8) is 0 Å². The summed E-state index contributed by atoms with van der Waals surface area (Å²) in [5, 5.41) is 21.7. The first-order valence-electron chi connectivity index (χ1n) is 4.39. The van der Waals surface area contributed by atoms with Crippen LogP contribution in [-0.4, -0.2) is 42.4 Å². The van der Waals surface area contributed by atoms with Gasteiger partial charge in [-0.2, -0.15) is 9.50 Å². The fourth-order valence-electron chi connectivity index (χ4n) is 1.20. The van der Waals surface area contributed by atoms with Gasteiger partial charge < -0.3 is 10.2 Å². The molecule has 0 atom stereocenters. The summed E-state index contributed by atoms with van der Waals surface area (Å²) in [4.78, 5) is 18.5. The van der Waals surface area contributed by atoms with E-state index in [1.54, 1.807) is 0 Å². The van der Waals surface area contributed by atoms with Crippen molar-refractivity contribution in [1.29, 1.82) is 0 Å². The summed E-state index contributed by atoms with van der Waals surface area (Å²) in [6.45, 7) is -0.0879. The number of hydrogen-bond donors (Lipinski definition) is 2. The summed E-state index contributed by atoms with van der Waals surface area (Å²) in [6, 6.07) is 1.24. The molecule has 0 fully saturated rings. The Morgan fingerprint density at radius 3 is 2.88 bits per heavy atom. The Kier molecular flexibility index (Phi) is 2.67. The van der Waals surface area contributed by atoms with Gasteiger partial charge in [0.1, 0.15) is 5.03 Å². The van der Waals surface area contributed by atoms with Crippen molar-refractivity contribution in [3.05, 3.63) is 17.6 Å². The van der Waals surface area contributed by atoms with Crippen molar-refractivity contribution < 1.29 is 15.0 Å². The minimum atomic E-state index is -1.17. The van der Waals surface area contributed by atoms with E-state index in [0.29, 0.717) is 5.82 Å². The van der Waals surface area contributed by atoms with Crippen molar-refractivity contribution in [2.45, 2.75) is 11.4 Å². The summed E-state index contributed by atoms with van der Waals surface area (Å²) in [5.41, 5.74) is -0.166. The lowest BCUT2D eigenvalue weighted by atomic mass is 10.4. The van der Waals surface area contributed by atoms with Crippen molar-refractivity contribution >= 4 is 24.4 Å². The minimum absolute atomic E-state index is 0.0879. The van der Waals surface area contributed by atoms with Crippen molar-refractivity contribution in [2.24, 2.45) is 0 Å². The van der Waals surface area contributed by atoms with Gasteiger partial charge in [0.2, 0.25) is 0 Å². The Labute approximate surface area is 95.2 Å². The lowest BCUT2D eigenvalue weighted by Gasteiger charge is -1.96. The molecule has 0 aliphatic carbocycles. The van der Waals surface area contributed by atoms with Crippen molar-refractivity contribution in [2.75, 3.05) is 6.61 Å². The van der Waals surface area contributed by atoms with Gasteiger partial charge in [-0.25, -0.2) is 9.78 Å². The van der Waals surface area contributed by atoms with Crippen molar-refractivity contribution in [1.82, 2.24) is 19.6 Å². The highest BCUT2D eigenvalue weighted by atomic mass is 32.1. The van der Waals surface area contributed by atoms with Crippen LogP contribution in [0.2, 0.25) is 0 Å². The van der Waals surface area contributed by atoms with E-state index < -0.39 is 5.97 Å². The third-order valence-corrected chi connectivity index (χ3v) is 2.17. The van der Waals surface area contributed by atoms with E-state index in [1.807, 2.05) is 0 Å². The maximum absolute atomic E-state index is 10.7. The van der Waals surface area contributed by atoms with E-state index in [4.69, 9.17) is 22.8 Å². The first kappa shape index (κ1) is 10.7. The average molecular weight is 239 g/mol. The lowest BCUT2D eigenvalue weighted by molar-refractivity contribution is 0.0690. The summed E-state index contributed by atoms with van der Waals surface area (Å²) < 4.78 is 1.27. The highest BCUT2D eigenvalue weighted by molar-refractivity contribution is 7.80. The van der Waals surface area contributed by atoms with Gasteiger partial charge in [-0.05, 0) is 0 Å². The zero-order valence-electron chi connectivity index (χ0n) is 7.99. The molecule has 2 aromatic rings. The fraction of sp³-hybridized carbons (Fsp3) is 0.250. The molecule has 0 spiro atoms. The zero-order valence-corrected chi connectivity index (χ0v) is 8.81. The molecular weight excluding hydrogens is 232 g/mol. The zero-order chi connectivity index (χ0) is 11.7. The topological polar surface area (TPSA) is 101 Å². The number of aromatic nitrogens is 4. The largest absolute Gasteiger partial charge is 0.477 e. The molecule has 83 valence electrons. The molecule has 0 aliphatic heterocycles. The van der Waals surface area contributed by atoms with Gasteiger partial charge in [-0.3, -0.25) is 0 Å². The fourth-order valence-corrected chi connectivity index (χ4v) is 1.43. The predicted molar refractivity (Wildman–Crippen MR) is 54.4 cm³/mol. The SMILES string of the molecule is O=C(O)c1cc([S])n2nc(CCO)nc2n1. The molecule has 2 aromatic heterocycles. The Morgan fingerprint density at radius 1 is 1.50 bits per heavy atom. The lowest BCUT2D eigenvalue weighted by Crippen LogP contribution is -2.04. The van der Waals surface area contributed by atoms with Crippen LogP contribution in [0.4, 0.5) is 0 Å². The number of aliphatic hydroxyl groups is 1. The van der Waals surface area contributed by atoms with Gasteiger partial charge in [0.25, 0.3) is 5.78 Å². The number of aromatic carboxylic acids is 1. The molecule has 1 radical (unpaired) electrons. The highest BCUT2D eigenvalue weighted by Crippen LogP contribution is 2.10. The molecule has 0 aliphatic rings. The molecule has 16 heavy (non-hydrogen) atoms. The molecule has 8 heteroatoms. The van der Waals surface area contributed by atoms with Gasteiger partial charge in [-0.1, -0.05) is 12.6 Å². The normalized spacial score (nSPS) is 10.8. The van der Waals surface area contributed by atoms with Gasteiger partial charge in [0, 0.05) is 12.5 Å². The molecule has 0 aromatic carbocycles. The van der Waals surface area contributed by atoms with Crippen LogP contribution in [0.5, 0.6) is 0 Å².